The fourth-order valence-corrected chi connectivity index (χ4v) is 8.57. The molecule has 0 amide bonds. The number of furan rings is 1. The Hall–Kier alpha value is -7.37. The highest BCUT2D eigenvalue weighted by molar-refractivity contribution is 5.99. The highest BCUT2D eigenvalue weighted by Crippen LogP contribution is 2.54. The molecule has 7 aromatic carbocycles. The first kappa shape index (κ1) is 32.1. The van der Waals surface area contributed by atoms with E-state index in [4.69, 9.17) is 19.4 Å². The molecule has 11 rings (SSSR count). The number of hydrogen-bond acceptors (Lipinski definition) is 5. The fourth-order valence-electron chi connectivity index (χ4n) is 8.57. The largest absolute Gasteiger partial charge is 0.456 e. The first-order chi connectivity index (χ1) is 27.8. The van der Waals surface area contributed by atoms with Crippen molar-refractivity contribution in [3.05, 3.63) is 205 Å². The standard InChI is InChI=1S/C51H34N4O/c1-4-15-33(16-5-1)35-19-12-21-37(31-35)49-52-50(38-22-13-20-36(32-38)34-17-6-2-7-18-34)54-51(53-49)41-26-14-28-44-47(41)48-45(56-44)30-29-43-46(48)40-25-10-11-27-42(40)55(43)39-23-8-3-9-24-39/h1-32,43,46H. The Morgan fingerprint density at radius 2 is 1.00 bits per heavy atom. The van der Waals surface area contributed by atoms with E-state index in [9.17, 15) is 0 Å². The smallest absolute Gasteiger partial charge is 0.164 e. The van der Waals surface area contributed by atoms with Crippen LogP contribution in [0.4, 0.5) is 11.4 Å². The van der Waals surface area contributed by atoms with Crippen LogP contribution in [-0.2, 0) is 0 Å². The number of aromatic nitrogens is 3. The maximum atomic E-state index is 6.70. The van der Waals surface area contributed by atoms with Crippen molar-refractivity contribution in [2.24, 2.45) is 0 Å². The van der Waals surface area contributed by atoms with Gasteiger partial charge in [0.2, 0.25) is 0 Å². The average Bonchev–Trinajstić information content (AvgIpc) is 3.83. The summed E-state index contributed by atoms with van der Waals surface area (Å²) >= 11 is 0. The van der Waals surface area contributed by atoms with Crippen LogP contribution < -0.4 is 4.90 Å². The number of rotatable bonds is 6. The third-order valence-electron chi connectivity index (χ3n) is 11.1. The molecule has 56 heavy (non-hydrogen) atoms. The van der Waals surface area contributed by atoms with Crippen LogP contribution in [0.25, 0.3) is 73.5 Å². The molecule has 0 spiro atoms. The van der Waals surface area contributed by atoms with E-state index >= 15 is 0 Å². The first-order valence-corrected chi connectivity index (χ1v) is 19.0. The SMILES string of the molecule is C1=CC2C(c3ccccc3N2c2ccccc2)c2c1oc1cccc(-c3nc(-c4cccc(-c5ccccc5)c4)nc(-c4cccc(-c5ccccc5)c4)n3)c21. The Morgan fingerprint density at radius 1 is 0.464 bits per heavy atom. The van der Waals surface area contributed by atoms with E-state index in [0.717, 1.165) is 66.9 Å². The van der Waals surface area contributed by atoms with E-state index < -0.39 is 0 Å². The summed E-state index contributed by atoms with van der Waals surface area (Å²) in [4.78, 5) is 18.2. The van der Waals surface area contributed by atoms with E-state index in [-0.39, 0.29) is 12.0 Å². The van der Waals surface area contributed by atoms with Gasteiger partial charge in [0.15, 0.2) is 17.5 Å². The van der Waals surface area contributed by atoms with E-state index in [1.165, 1.54) is 11.3 Å². The summed E-state index contributed by atoms with van der Waals surface area (Å²) < 4.78 is 6.70. The lowest BCUT2D eigenvalue weighted by atomic mass is 9.82. The second kappa shape index (κ2) is 13.2. The molecule has 9 aromatic rings. The van der Waals surface area contributed by atoms with E-state index in [1.807, 2.05) is 18.2 Å². The molecule has 5 heteroatoms. The van der Waals surface area contributed by atoms with Crippen molar-refractivity contribution in [2.75, 3.05) is 4.90 Å². The molecule has 0 radical (unpaired) electrons. The number of fused-ring (bicyclic) bond motifs is 7. The normalized spacial score (nSPS) is 15.4. The Labute approximate surface area is 324 Å². The van der Waals surface area contributed by atoms with Crippen LogP contribution in [0.5, 0.6) is 0 Å². The van der Waals surface area contributed by atoms with Gasteiger partial charge >= 0.3 is 0 Å². The summed E-state index contributed by atoms with van der Waals surface area (Å²) in [6.45, 7) is 0. The topological polar surface area (TPSA) is 55.1 Å². The van der Waals surface area contributed by atoms with Gasteiger partial charge in [-0.05, 0) is 70.3 Å². The molecule has 2 unspecified atom stereocenters. The van der Waals surface area contributed by atoms with Gasteiger partial charge < -0.3 is 9.32 Å². The van der Waals surface area contributed by atoms with Crippen LogP contribution >= 0.6 is 0 Å². The van der Waals surface area contributed by atoms with Gasteiger partial charge in [-0.15, -0.1) is 0 Å². The fraction of sp³-hybridized carbons (Fsp3) is 0.0392. The average molecular weight is 719 g/mol. The van der Waals surface area contributed by atoms with Gasteiger partial charge in [0.25, 0.3) is 0 Å². The number of benzene rings is 7. The monoisotopic (exact) mass is 718 g/mol. The molecule has 264 valence electrons. The molecular formula is C51H34N4O. The van der Waals surface area contributed by atoms with Gasteiger partial charge in [-0.2, -0.15) is 0 Å². The van der Waals surface area contributed by atoms with E-state index in [0.29, 0.717) is 17.5 Å². The lowest BCUT2D eigenvalue weighted by Crippen LogP contribution is -2.30. The van der Waals surface area contributed by atoms with Crippen LogP contribution in [0.3, 0.4) is 0 Å². The molecule has 0 bridgehead atoms. The summed E-state index contributed by atoms with van der Waals surface area (Å²) in [5.74, 6) is 2.74. The number of anilines is 2. The minimum atomic E-state index is 0.0414. The summed E-state index contributed by atoms with van der Waals surface area (Å²) in [5.41, 5.74) is 12.9. The predicted molar refractivity (Wildman–Crippen MR) is 226 cm³/mol. The van der Waals surface area contributed by atoms with Crippen LogP contribution in [0.1, 0.15) is 22.8 Å². The highest BCUT2D eigenvalue weighted by Gasteiger charge is 2.43. The lowest BCUT2D eigenvalue weighted by Gasteiger charge is -2.30. The van der Waals surface area contributed by atoms with Crippen molar-refractivity contribution in [2.45, 2.75) is 12.0 Å². The van der Waals surface area contributed by atoms with Gasteiger partial charge in [-0.3, -0.25) is 0 Å². The quantitative estimate of drug-likeness (QED) is 0.171. The predicted octanol–water partition coefficient (Wildman–Crippen LogP) is 12.6. The summed E-state index contributed by atoms with van der Waals surface area (Å²) in [7, 11) is 0. The minimum Gasteiger partial charge on any atom is -0.456 e. The van der Waals surface area contributed by atoms with E-state index in [2.05, 4.69) is 181 Å². The molecule has 3 heterocycles. The first-order valence-electron chi connectivity index (χ1n) is 19.0. The minimum absolute atomic E-state index is 0.0414. The maximum Gasteiger partial charge on any atom is 0.164 e. The van der Waals surface area contributed by atoms with Gasteiger partial charge in [0.05, 0.1) is 6.04 Å². The summed E-state index contributed by atoms with van der Waals surface area (Å²) in [6.07, 6.45) is 4.44. The Morgan fingerprint density at radius 3 is 1.66 bits per heavy atom. The van der Waals surface area contributed by atoms with Crippen molar-refractivity contribution in [3.63, 3.8) is 0 Å². The highest BCUT2D eigenvalue weighted by atomic mass is 16.3. The summed E-state index contributed by atoms with van der Waals surface area (Å²) in [5, 5.41) is 1.03. The zero-order chi connectivity index (χ0) is 37.0. The molecule has 5 nitrogen and oxygen atoms in total. The van der Waals surface area contributed by atoms with Crippen molar-refractivity contribution in [1.82, 2.24) is 15.0 Å². The van der Waals surface area contributed by atoms with Gasteiger partial charge in [0, 0.05) is 44.9 Å². The molecule has 0 saturated heterocycles. The third kappa shape index (κ3) is 5.36. The molecule has 0 fully saturated rings. The molecule has 0 N–H and O–H groups in total. The lowest BCUT2D eigenvalue weighted by molar-refractivity contribution is 0.584. The van der Waals surface area contributed by atoms with Gasteiger partial charge in [-0.25, -0.2) is 15.0 Å². The van der Waals surface area contributed by atoms with Gasteiger partial charge in [-0.1, -0.05) is 152 Å². The number of hydrogen-bond donors (Lipinski definition) is 0. The number of nitrogens with zero attached hydrogens (tertiary/aromatic N) is 4. The molecule has 1 aliphatic carbocycles. The van der Waals surface area contributed by atoms with Crippen molar-refractivity contribution in [1.29, 1.82) is 0 Å². The Balaban J connectivity index is 1.12. The van der Waals surface area contributed by atoms with Crippen LogP contribution in [0, 0.1) is 0 Å². The van der Waals surface area contributed by atoms with Crippen molar-refractivity contribution >= 4 is 28.4 Å². The second-order valence-corrected chi connectivity index (χ2v) is 14.4. The zero-order valence-electron chi connectivity index (χ0n) is 30.3. The molecule has 2 atom stereocenters. The second-order valence-electron chi connectivity index (χ2n) is 14.4. The Kier molecular flexibility index (Phi) is 7.56. The van der Waals surface area contributed by atoms with Gasteiger partial charge in [0.1, 0.15) is 11.3 Å². The van der Waals surface area contributed by atoms with Crippen LogP contribution in [0.15, 0.2) is 192 Å². The zero-order valence-corrected chi connectivity index (χ0v) is 30.3. The third-order valence-corrected chi connectivity index (χ3v) is 11.1. The molecule has 1 aliphatic heterocycles. The Bertz CT molecular complexity index is 2830. The van der Waals surface area contributed by atoms with Crippen LogP contribution in [-0.4, -0.2) is 21.0 Å². The van der Waals surface area contributed by atoms with Crippen LogP contribution in [0.2, 0.25) is 0 Å². The molecule has 0 saturated carbocycles. The molecular weight excluding hydrogens is 685 g/mol. The molecule has 2 aliphatic rings. The van der Waals surface area contributed by atoms with Crippen molar-refractivity contribution in [3.8, 4) is 56.4 Å². The maximum absolute atomic E-state index is 6.70. The van der Waals surface area contributed by atoms with Crippen molar-refractivity contribution < 1.29 is 4.42 Å². The van der Waals surface area contributed by atoms with E-state index in [1.54, 1.807) is 0 Å². The number of para-hydroxylation sites is 2. The molecule has 2 aromatic heterocycles. The summed E-state index contributed by atoms with van der Waals surface area (Å²) in [6, 6.07) is 63.5.